The van der Waals surface area contributed by atoms with Crippen molar-refractivity contribution in [3.63, 3.8) is 0 Å². The van der Waals surface area contributed by atoms with Crippen molar-refractivity contribution in [2.24, 2.45) is 0 Å². The highest BCUT2D eigenvalue weighted by Gasteiger charge is 2.42. The van der Waals surface area contributed by atoms with Crippen LogP contribution in [0, 0.1) is 6.92 Å². The molecule has 21 heavy (non-hydrogen) atoms. The number of carbonyl (C=O) groups excluding carboxylic acids is 3. The Morgan fingerprint density at radius 1 is 0.762 bits per heavy atom. The highest BCUT2D eigenvalue weighted by atomic mass is 16.9. The molecule has 6 heteroatoms. The molecule has 0 atom stereocenters. The number of rotatable bonds is 7. The van der Waals surface area contributed by atoms with Crippen molar-refractivity contribution >= 4 is 17.9 Å². The van der Waals surface area contributed by atoms with Crippen LogP contribution >= 0.6 is 0 Å². The van der Waals surface area contributed by atoms with Crippen molar-refractivity contribution in [1.82, 2.24) is 0 Å². The summed E-state index contributed by atoms with van der Waals surface area (Å²) in [5.41, 5.74) is 0.0988. The predicted octanol–water partition coefficient (Wildman–Crippen LogP) is 2.22. The molecule has 0 bridgehead atoms. The molecule has 0 aliphatic heterocycles. The van der Waals surface area contributed by atoms with E-state index in [1.807, 2.05) is 0 Å². The number of hydrogen-bond acceptors (Lipinski definition) is 6. The third-order valence-corrected chi connectivity index (χ3v) is 2.10. The molecular formula is C15H19O6. The second kappa shape index (κ2) is 7.42. The zero-order valence-corrected chi connectivity index (χ0v) is 12.5. The van der Waals surface area contributed by atoms with Gasteiger partial charge < -0.3 is 14.2 Å². The molecule has 0 spiro atoms. The average molecular weight is 295 g/mol. The summed E-state index contributed by atoms with van der Waals surface area (Å²) in [5.74, 6) is -4.99. The van der Waals surface area contributed by atoms with Crippen LogP contribution in [0.2, 0.25) is 0 Å². The largest absolute Gasteiger partial charge is 0.424 e. The van der Waals surface area contributed by atoms with Crippen molar-refractivity contribution in [2.75, 3.05) is 0 Å². The summed E-state index contributed by atoms with van der Waals surface area (Å²) in [6.07, 6.45) is -0.357. The van der Waals surface area contributed by atoms with E-state index in [0.29, 0.717) is 0 Å². The van der Waals surface area contributed by atoms with Crippen LogP contribution in [0.15, 0.2) is 36.5 Å². The lowest BCUT2D eigenvalue weighted by Gasteiger charge is -2.30. The summed E-state index contributed by atoms with van der Waals surface area (Å²) < 4.78 is 14.8. The predicted molar refractivity (Wildman–Crippen MR) is 75.4 cm³/mol. The van der Waals surface area contributed by atoms with Gasteiger partial charge in [0, 0.05) is 16.7 Å². The molecule has 0 heterocycles. The minimum Gasteiger partial charge on any atom is -0.385 e. The average Bonchev–Trinajstić information content (AvgIpc) is 2.37. The maximum atomic E-state index is 11.6. The molecule has 0 aliphatic rings. The highest BCUT2D eigenvalue weighted by molar-refractivity contribution is 5.90. The molecule has 115 valence electrons. The van der Waals surface area contributed by atoms with E-state index in [0.717, 1.165) is 0 Å². The van der Waals surface area contributed by atoms with Gasteiger partial charge in [-0.1, -0.05) is 19.7 Å². The summed E-state index contributed by atoms with van der Waals surface area (Å²) in [5, 5.41) is 0. The van der Waals surface area contributed by atoms with Crippen molar-refractivity contribution in [1.29, 1.82) is 0 Å². The Morgan fingerprint density at radius 3 is 1.14 bits per heavy atom. The van der Waals surface area contributed by atoms with Crippen LogP contribution in [0.4, 0.5) is 0 Å². The van der Waals surface area contributed by atoms with Crippen LogP contribution in [-0.2, 0) is 28.6 Å². The van der Waals surface area contributed by atoms with E-state index in [9.17, 15) is 14.4 Å². The second-order valence-corrected chi connectivity index (χ2v) is 4.44. The summed E-state index contributed by atoms with van der Waals surface area (Å²) in [6, 6.07) is 0. The number of hydrogen-bond donors (Lipinski definition) is 0. The van der Waals surface area contributed by atoms with Gasteiger partial charge in [-0.25, -0.2) is 14.4 Å². The standard InChI is InChI=1S/C15H19O6/c1-8-15(19-12(16)9(2)3,20-13(17)10(4)5)21-14(18)11(6)7/h1-2,4,6,8H2,3,5,7H3. The zero-order valence-electron chi connectivity index (χ0n) is 12.5. The highest BCUT2D eigenvalue weighted by Crippen LogP contribution is 2.24. The second-order valence-electron chi connectivity index (χ2n) is 4.44. The first-order chi connectivity index (χ1) is 9.54. The van der Waals surface area contributed by atoms with Gasteiger partial charge in [-0.3, -0.25) is 0 Å². The van der Waals surface area contributed by atoms with E-state index in [1.54, 1.807) is 0 Å². The molecule has 0 N–H and O–H groups in total. The monoisotopic (exact) mass is 295 g/mol. The molecule has 0 saturated carbocycles. The Kier molecular flexibility index (Phi) is 6.58. The molecule has 0 rings (SSSR count). The Balaban J connectivity index is 5.46. The maximum absolute atomic E-state index is 11.6. The van der Waals surface area contributed by atoms with Gasteiger partial charge >= 0.3 is 23.9 Å². The molecule has 0 unspecified atom stereocenters. The van der Waals surface area contributed by atoms with Crippen LogP contribution in [0.1, 0.15) is 27.2 Å². The first kappa shape index (κ1) is 18.6. The minimum atomic E-state index is -2.29. The van der Waals surface area contributed by atoms with E-state index in [2.05, 4.69) is 26.7 Å². The lowest BCUT2D eigenvalue weighted by Crippen LogP contribution is -2.44. The van der Waals surface area contributed by atoms with E-state index in [-0.39, 0.29) is 23.1 Å². The summed E-state index contributed by atoms with van der Waals surface area (Å²) >= 11 is 0. The summed E-state index contributed by atoms with van der Waals surface area (Å²) in [7, 11) is 0. The Bertz CT molecular complexity index is 431. The van der Waals surface area contributed by atoms with Gasteiger partial charge in [-0.15, -0.1) is 0 Å². The quantitative estimate of drug-likeness (QED) is 0.407. The summed E-state index contributed by atoms with van der Waals surface area (Å²) in [4.78, 5) is 34.9. The zero-order chi connectivity index (χ0) is 16.8. The van der Waals surface area contributed by atoms with E-state index < -0.39 is 23.9 Å². The molecule has 0 aromatic rings. The van der Waals surface area contributed by atoms with Crippen molar-refractivity contribution < 1.29 is 28.6 Å². The Hall–Kier alpha value is -2.37. The molecular weight excluding hydrogens is 276 g/mol. The molecule has 0 aliphatic carbocycles. The van der Waals surface area contributed by atoms with E-state index >= 15 is 0 Å². The molecule has 0 amide bonds. The molecule has 1 radical (unpaired) electrons. The Morgan fingerprint density at radius 2 is 1.00 bits per heavy atom. The fourth-order valence-corrected chi connectivity index (χ4v) is 0.901. The molecule has 0 aromatic carbocycles. The van der Waals surface area contributed by atoms with Gasteiger partial charge in [-0.2, -0.15) is 0 Å². The van der Waals surface area contributed by atoms with Crippen LogP contribution in [0.25, 0.3) is 0 Å². The topological polar surface area (TPSA) is 78.9 Å². The third-order valence-electron chi connectivity index (χ3n) is 2.10. The molecule has 0 saturated heterocycles. The number of carbonyl (C=O) groups is 3. The maximum Gasteiger partial charge on any atom is 0.424 e. The van der Waals surface area contributed by atoms with Gasteiger partial charge in [0.1, 0.15) is 0 Å². The van der Waals surface area contributed by atoms with Crippen LogP contribution in [-0.4, -0.2) is 23.9 Å². The fraction of sp³-hybridized carbons (Fsp3) is 0.333. The van der Waals surface area contributed by atoms with Gasteiger partial charge in [0.25, 0.3) is 0 Å². The number of ether oxygens (including phenoxy) is 3. The van der Waals surface area contributed by atoms with Crippen LogP contribution < -0.4 is 0 Å². The lowest BCUT2D eigenvalue weighted by atomic mass is 10.3. The SMILES string of the molecule is [CH2]CC(OC(=O)C(=C)C)(OC(=O)C(=C)C)OC(=O)C(=C)C. The van der Waals surface area contributed by atoms with Crippen molar-refractivity contribution in [3.8, 4) is 0 Å². The van der Waals surface area contributed by atoms with Gasteiger partial charge in [0.2, 0.25) is 0 Å². The first-order valence-corrected chi connectivity index (χ1v) is 6.00. The van der Waals surface area contributed by atoms with Gasteiger partial charge in [0.05, 0.1) is 6.42 Å². The first-order valence-electron chi connectivity index (χ1n) is 6.00. The molecule has 0 aromatic heterocycles. The molecule has 6 nitrogen and oxygen atoms in total. The van der Waals surface area contributed by atoms with Gasteiger partial charge in [-0.05, 0) is 27.7 Å². The number of esters is 3. The fourth-order valence-electron chi connectivity index (χ4n) is 0.901. The van der Waals surface area contributed by atoms with Crippen molar-refractivity contribution in [2.45, 2.75) is 33.2 Å². The normalized spacial score (nSPS) is 10.3. The van der Waals surface area contributed by atoms with Crippen molar-refractivity contribution in [3.05, 3.63) is 43.4 Å². The van der Waals surface area contributed by atoms with E-state index in [4.69, 9.17) is 14.2 Å². The van der Waals surface area contributed by atoms with E-state index in [1.165, 1.54) is 20.8 Å². The smallest absolute Gasteiger partial charge is 0.385 e. The van der Waals surface area contributed by atoms with Gasteiger partial charge in [0.15, 0.2) is 0 Å². The minimum absolute atomic E-state index is 0.0329. The molecule has 0 fully saturated rings. The Labute approximate surface area is 124 Å². The lowest BCUT2D eigenvalue weighted by molar-refractivity contribution is -0.324. The van der Waals surface area contributed by atoms with Crippen LogP contribution in [0.5, 0.6) is 0 Å². The third kappa shape index (κ3) is 5.64. The van der Waals surface area contributed by atoms with Crippen LogP contribution in [0.3, 0.4) is 0 Å². The summed E-state index contributed by atoms with van der Waals surface area (Å²) in [6.45, 7) is 17.8.